The van der Waals surface area contributed by atoms with E-state index >= 15 is 0 Å². The van der Waals surface area contributed by atoms with Gasteiger partial charge in [-0.3, -0.25) is 0 Å². The summed E-state index contributed by atoms with van der Waals surface area (Å²) in [5.41, 5.74) is 1.24. The Morgan fingerprint density at radius 2 is 1.82 bits per heavy atom. The Kier molecular flexibility index (Phi) is 16.2. The van der Waals surface area contributed by atoms with Crippen LogP contribution in [0.3, 0.4) is 0 Å². The maximum Gasteiger partial charge on any atom is 0.115 e. The molecule has 0 bridgehead atoms. The van der Waals surface area contributed by atoms with Gasteiger partial charge in [0.05, 0.1) is 6.61 Å². The third-order valence-corrected chi connectivity index (χ3v) is 2.04. The van der Waals surface area contributed by atoms with Crippen molar-refractivity contribution < 1.29 is 4.74 Å². The summed E-state index contributed by atoms with van der Waals surface area (Å²) in [6.45, 7) is 13.2. The van der Waals surface area contributed by atoms with Crippen LogP contribution in [0.15, 0.2) is 35.6 Å². The number of unbranched alkanes of at least 4 members (excludes halogenated alkanes) is 1. The van der Waals surface area contributed by atoms with Crippen LogP contribution >= 0.6 is 0 Å². The summed E-state index contributed by atoms with van der Waals surface area (Å²) in [4.78, 5) is 0. The molecule has 0 aromatic carbocycles. The molecule has 0 fully saturated rings. The van der Waals surface area contributed by atoms with Crippen molar-refractivity contribution in [2.24, 2.45) is 0 Å². The Labute approximate surface area is 108 Å². The summed E-state index contributed by atoms with van der Waals surface area (Å²) in [6.07, 6.45) is 11.8. The normalized spacial score (nSPS) is 12.4. The molecule has 0 heterocycles. The Hall–Kier alpha value is -0.980. The minimum atomic E-state index is 0.817. The number of rotatable bonds is 7. The van der Waals surface area contributed by atoms with Crippen molar-refractivity contribution in [1.82, 2.24) is 0 Å². The fourth-order valence-corrected chi connectivity index (χ4v) is 1.12. The molecule has 0 aliphatic rings. The highest BCUT2D eigenvalue weighted by molar-refractivity contribution is 5.25. The van der Waals surface area contributed by atoms with Gasteiger partial charge in [-0.2, -0.15) is 0 Å². The second kappa shape index (κ2) is 15.0. The zero-order valence-electron chi connectivity index (χ0n) is 12.5. The van der Waals surface area contributed by atoms with E-state index in [2.05, 4.69) is 39.0 Å². The molecule has 1 heteroatoms. The zero-order chi connectivity index (χ0) is 13.5. The second-order valence-electron chi connectivity index (χ2n) is 3.59. The van der Waals surface area contributed by atoms with Crippen molar-refractivity contribution in [3.05, 3.63) is 35.6 Å². The smallest absolute Gasteiger partial charge is 0.115 e. The Morgan fingerprint density at radius 3 is 2.29 bits per heavy atom. The molecule has 0 N–H and O–H groups in total. The van der Waals surface area contributed by atoms with E-state index < -0.39 is 0 Å². The molecule has 100 valence electrons. The van der Waals surface area contributed by atoms with Gasteiger partial charge in [0.2, 0.25) is 0 Å². The van der Waals surface area contributed by atoms with Crippen LogP contribution in [0.25, 0.3) is 0 Å². The maximum absolute atomic E-state index is 5.63. The number of allylic oxidation sites excluding steroid dienone is 5. The molecule has 0 unspecified atom stereocenters. The van der Waals surface area contributed by atoms with E-state index in [0.29, 0.717) is 0 Å². The highest BCUT2D eigenvalue weighted by Crippen LogP contribution is 2.07. The van der Waals surface area contributed by atoms with Crippen LogP contribution in [0.4, 0.5) is 0 Å². The van der Waals surface area contributed by atoms with Gasteiger partial charge in [-0.15, -0.1) is 0 Å². The van der Waals surface area contributed by atoms with Gasteiger partial charge in [0, 0.05) is 0 Å². The van der Waals surface area contributed by atoms with E-state index in [-0.39, 0.29) is 0 Å². The van der Waals surface area contributed by atoms with E-state index in [4.69, 9.17) is 4.74 Å². The van der Waals surface area contributed by atoms with E-state index in [0.717, 1.165) is 25.2 Å². The van der Waals surface area contributed by atoms with Crippen molar-refractivity contribution in [1.29, 1.82) is 0 Å². The lowest BCUT2D eigenvalue weighted by Gasteiger charge is -2.06. The molecule has 0 aliphatic carbocycles. The lowest BCUT2D eigenvalue weighted by Crippen LogP contribution is -1.92. The predicted molar refractivity (Wildman–Crippen MR) is 79.2 cm³/mol. The summed E-state index contributed by atoms with van der Waals surface area (Å²) < 4.78 is 5.63. The third-order valence-electron chi connectivity index (χ3n) is 2.04. The summed E-state index contributed by atoms with van der Waals surface area (Å²) in [5, 5.41) is 0. The van der Waals surface area contributed by atoms with Crippen molar-refractivity contribution in [3.8, 4) is 0 Å². The van der Waals surface area contributed by atoms with E-state index in [9.17, 15) is 0 Å². The average Bonchev–Trinajstić information content (AvgIpc) is 2.37. The highest BCUT2D eigenvalue weighted by atomic mass is 16.5. The summed E-state index contributed by atoms with van der Waals surface area (Å²) in [5.74, 6) is 0.974. The van der Waals surface area contributed by atoms with Gasteiger partial charge < -0.3 is 4.74 Å². The van der Waals surface area contributed by atoms with Gasteiger partial charge >= 0.3 is 0 Å². The summed E-state index contributed by atoms with van der Waals surface area (Å²) in [7, 11) is 0. The van der Waals surface area contributed by atoms with Crippen LogP contribution in [-0.4, -0.2) is 6.61 Å². The molecule has 17 heavy (non-hydrogen) atoms. The molecular formula is C16H30O. The largest absolute Gasteiger partial charge is 0.494 e. The minimum absolute atomic E-state index is 0.817. The van der Waals surface area contributed by atoms with Crippen LogP contribution < -0.4 is 0 Å². The van der Waals surface area contributed by atoms with Crippen molar-refractivity contribution >= 4 is 0 Å². The van der Waals surface area contributed by atoms with Crippen LogP contribution in [-0.2, 0) is 4.74 Å². The lowest BCUT2D eigenvalue weighted by atomic mass is 10.2. The van der Waals surface area contributed by atoms with Gasteiger partial charge in [0.15, 0.2) is 0 Å². The highest BCUT2D eigenvalue weighted by Gasteiger charge is 1.92. The molecular weight excluding hydrogens is 208 g/mol. The maximum atomic E-state index is 5.63. The molecule has 0 rings (SSSR count). The molecule has 1 nitrogen and oxygen atoms in total. The van der Waals surface area contributed by atoms with Gasteiger partial charge in [0.25, 0.3) is 0 Å². The molecule has 0 aromatic heterocycles. The predicted octanol–water partition coefficient (Wildman–Crippen LogP) is 5.65. The van der Waals surface area contributed by atoms with Crippen molar-refractivity contribution in [3.63, 3.8) is 0 Å². The van der Waals surface area contributed by atoms with Gasteiger partial charge in [-0.05, 0) is 44.4 Å². The topological polar surface area (TPSA) is 9.23 Å². The van der Waals surface area contributed by atoms with E-state index in [1.807, 2.05) is 26.8 Å². The number of ether oxygens (including phenoxy) is 1. The van der Waals surface area contributed by atoms with Crippen LogP contribution in [0.2, 0.25) is 0 Å². The van der Waals surface area contributed by atoms with E-state index in [1.165, 1.54) is 12.0 Å². The molecule has 0 saturated carbocycles. The summed E-state index contributed by atoms with van der Waals surface area (Å²) in [6, 6.07) is 0. The number of hydrogen-bond acceptors (Lipinski definition) is 1. The lowest BCUT2D eigenvalue weighted by molar-refractivity contribution is 0.218. The first-order valence-electron chi connectivity index (χ1n) is 6.88. The van der Waals surface area contributed by atoms with E-state index in [1.54, 1.807) is 0 Å². The number of hydrogen-bond donors (Lipinski definition) is 0. The molecule has 0 aliphatic heterocycles. The third kappa shape index (κ3) is 13.0. The van der Waals surface area contributed by atoms with Crippen LogP contribution in [0, 0.1) is 0 Å². The minimum Gasteiger partial charge on any atom is -0.494 e. The first kappa shape index (κ1) is 18.4. The van der Waals surface area contributed by atoms with Crippen LogP contribution in [0.5, 0.6) is 0 Å². The summed E-state index contributed by atoms with van der Waals surface area (Å²) >= 11 is 0. The first-order valence-corrected chi connectivity index (χ1v) is 6.88. The average molecular weight is 238 g/mol. The molecule has 0 saturated heterocycles. The molecule has 0 aromatic rings. The van der Waals surface area contributed by atoms with Gasteiger partial charge in [0.1, 0.15) is 5.76 Å². The van der Waals surface area contributed by atoms with Gasteiger partial charge in [-0.1, -0.05) is 46.3 Å². The fraction of sp³-hybridized carbons (Fsp3) is 0.625. The first-order chi connectivity index (χ1) is 8.24. The van der Waals surface area contributed by atoms with Gasteiger partial charge in [-0.25, -0.2) is 0 Å². The van der Waals surface area contributed by atoms with Crippen molar-refractivity contribution in [2.75, 3.05) is 6.61 Å². The Balaban J connectivity index is 0. The Bertz CT molecular complexity index is 234. The molecule has 0 atom stereocenters. The quantitative estimate of drug-likeness (QED) is 0.316. The zero-order valence-corrected chi connectivity index (χ0v) is 12.5. The molecule has 0 radical (unpaired) electrons. The molecule has 0 spiro atoms. The fourth-order valence-electron chi connectivity index (χ4n) is 1.12. The Morgan fingerprint density at radius 1 is 1.18 bits per heavy atom. The SMILES string of the molecule is CC.C\C=C(/C=C(C)\C=C\CC)OCCCC. The second-order valence-corrected chi connectivity index (χ2v) is 3.59. The monoisotopic (exact) mass is 238 g/mol. The molecule has 0 amide bonds. The standard InChI is InChI=1S/C14H24O.C2H6/c1-5-8-10-13(4)12-14(7-3)15-11-9-6-2;1-2/h7-8,10,12H,5-6,9,11H2,1-4H3;1-2H3/b10-8+,13-12-,14-7+;. The van der Waals surface area contributed by atoms with Crippen molar-refractivity contribution in [2.45, 2.75) is 60.8 Å². The van der Waals surface area contributed by atoms with Crippen LogP contribution in [0.1, 0.15) is 60.8 Å².